The number of aryl methyl sites for hydroxylation is 2. The molecule has 3 aromatic heterocycles. The third-order valence-electron chi connectivity index (χ3n) is 5.26. The third-order valence-corrected chi connectivity index (χ3v) is 5.26. The second-order valence-electron chi connectivity index (χ2n) is 7.45. The first kappa shape index (κ1) is 17.4. The molecule has 4 nitrogen and oxygen atoms in total. The maximum Gasteiger partial charge on any atom is 0.140 e. The number of aromatic nitrogens is 4. The molecular weight excluding hydrogens is 356 g/mol. The second kappa shape index (κ2) is 7.06. The molecule has 0 spiro atoms. The molecule has 0 aliphatic rings. The molecule has 0 unspecified atom stereocenters. The summed E-state index contributed by atoms with van der Waals surface area (Å²) in [7, 11) is 0. The lowest BCUT2D eigenvalue weighted by Crippen LogP contribution is -2.05. The van der Waals surface area contributed by atoms with E-state index in [0.29, 0.717) is 6.54 Å². The van der Waals surface area contributed by atoms with Gasteiger partial charge in [0.25, 0.3) is 0 Å². The van der Waals surface area contributed by atoms with E-state index < -0.39 is 0 Å². The average molecular weight is 378 g/mol. The Morgan fingerprint density at radius 2 is 1.55 bits per heavy atom. The number of nitrogens with zero attached hydrogens (tertiary/aromatic N) is 4. The van der Waals surface area contributed by atoms with Gasteiger partial charge in [-0.25, -0.2) is 9.97 Å². The van der Waals surface area contributed by atoms with E-state index in [9.17, 15) is 0 Å². The minimum atomic E-state index is 0.693. The van der Waals surface area contributed by atoms with Crippen LogP contribution in [0.4, 0.5) is 0 Å². The molecule has 0 amide bonds. The Kier molecular flexibility index (Phi) is 4.24. The average Bonchev–Trinajstić information content (AvgIpc) is 3.35. The second-order valence-corrected chi connectivity index (χ2v) is 7.45. The summed E-state index contributed by atoms with van der Waals surface area (Å²) < 4.78 is 4.40. The van der Waals surface area contributed by atoms with Crippen LogP contribution in [0.2, 0.25) is 0 Å². The summed E-state index contributed by atoms with van der Waals surface area (Å²) in [5.74, 6) is 0.961. The highest BCUT2D eigenvalue weighted by molar-refractivity contribution is 5.67. The highest BCUT2D eigenvalue weighted by Crippen LogP contribution is 2.27. The van der Waals surface area contributed by atoms with Crippen molar-refractivity contribution in [2.75, 3.05) is 0 Å². The summed E-state index contributed by atoms with van der Waals surface area (Å²) in [5.41, 5.74) is 7.83. The summed E-state index contributed by atoms with van der Waals surface area (Å²) >= 11 is 0. The molecule has 0 radical (unpaired) electrons. The Bertz CT molecular complexity index is 1280. The topological polar surface area (TPSA) is 35.1 Å². The van der Waals surface area contributed by atoms with Crippen molar-refractivity contribution >= 4 is 5.65 Å². The number of fused-ring (bicyclic) bond motifs is 1. The van der Waals surface area contributed by atoms with Crippen LogP contribution < -0.4 is 0 Å². The van der Waals surface area contributed by atoms with E-state index in [1.54, 1.807) is 0 Å². The van der Waals surface area contributed by atoms with Crippen molar-refractivity contribution in [3.63, 3.8) is 0 Å². The first-order valence-electron chi connectivity index (χ1n) is 9.80. The molecule has 0 saturated carbocycles. The van der Waals surface area contributed by atoms with Crippen LogP contribution in [0.5, 0.6) is 0 Å². The minimum absolute atomic E-state index is 0.693. The summed E-state index contributed by atoms with van der Waals surface area (Å²) in [6.45, 7) is 4.91. The molecule has 0 fully saturated rings. The van der Waals surface area contributed by atoms with E-state index in [1.165, 1.54) is 11.1 Å². The zero-order valence-corrected chi connectivity index (χ0v) is 16.6. The number of rotatable bonds is 4. The van der Waals surface area contributed by atoms with Gasteiger partial charge in [0.1, 0.15) is 11.5 Å². The van der Waals surface area contributed by atoms with Crippen molar-refractivity contribution in [2.24, 2.45) is 0 Å². The quantitative estimate of drug-likeness (QED) is 0.412. The Balaban J connectivity index is 1.67. The lowest BCUT2D eigenvalue weighted by atomic mass is 10.1. The fraction of sp³-hybridized carbons (Fsp3) is 0.120. The van der Waals surface area contributed by atoms with Crippen molar-refractivity contribution in [2.45, 2.75) is 20.4 Å². The van der Waals surface area contributed by atoms with Crippen LogP contribution >= 0.6 is 0 Å². The van der Waals surface area contributed by atoms with Crippen LogP contribution in [0.3, 0.4) is 0 Å². The lowest BCUT2D eigenvalue weighted by Gasteiger charge is -2.11. The summed E-state index contributed by atoms with van der Waals surface area (Å²) in [4.78, 5) is 9.58. The van der Waals surface area contributed by atoms with Gasteiger partial charge in [0.05, 0.1) is 17.9 Å². The van der Waals surface area contributed by atoms with E-state index in [1.807, 2.05) is 30.6 Å². The molecule has 0 aliphatic heterocycles. The van der Waals surface area contributed by atoms with Gasteiger partial charge in [-0.3, -0.25) is 0 Å². The van der Waals surface area contributed by atoms with Gasteiger partial charge in [0.2, 0.25) is 0 Å². The van der Waals surface area contributed by atoms with Crippen LogP contribution in [0.25, 0.3) is 28.3 Å². The largest absolute Gasteiger partial charge is 0.325 e. The van der Waals surface area contributed by atoms with Crippen molar-refractivity contribution in [3.8, 4) is 22.6 Å². The molecule has 2 aromatic carbocycles. The lowest BCUT2D eigenvalue weighted by molar-refractivity contribution is 0.774. The van der Waals surface area contributed by atoms with Gasteiger partial charge < -0.3 is 8.97 Å². The molecule has 0 aliphatic carbocycles. The zero-order chi connectivity index (χ0) is 19.8. The summed E-state index contributed by atoms with van der Waals surface area (Å²) in [6.07, 6.45) is 6.06. The van der Waals surface area contributed by atoms with E-state index in [4.69, 9.17) is 4.98 Å². The maximum atomic E-state index is 4.97. The normalized spacial score (nSPS) is 11.2. The molecule has 0 N–H and O–H groups in total. The van der Waals surface area contributed by atoms with E-state index in [2.05, 4.69) is 82.5 Å². The van der Waals surface area contributed by atoms with Crippen LogP contribution in [0.15, 0.2) is 85.3 Å². The van der Waals surface area contributed by atoms with E-state index >= 15 is 0 Å². The molecule has 0 saturated heterocycles. The Labute approximate surface area is 170 Å². The monoisotopic (exact) mass is 378 g/mol. The minimum Gasteiger partial charge on any atom is -0.325 e. The van der Waals surface area contributed by atoms with Gasteiger partial charge in [-0.05, 0) is 25.5 Å². The Morgan fingerprint density at radius 1 is 0.793 bits per heavy atom. The fourth-order valence-electron chi connectivity index (χ4n) is 3.74. The number of hydrogen-bond acceptors (Lipinski definition) is 2. The molecule has 5 rings (SSSR count). The smallest absolute Gasteiger partial charge is 0.140 e. The third kappa shape index (κ3) is 3.23. The molecule has 5 aromatic rings. The predicted molar refractivity (Wildman–Crippen MR) is 117 cm³/mol. The fourth-order valence-corrected chi connectivity index (χ4v) is 3.74. The first-order valence-corrected chi connectivity index (χ1v) is 9.80. The van der Waals surface area contributed by atoms with Crippen molar-refractivity contribution in [1.82, 2.24) is 18.9 Å². The van der Waals surface area contributed by atoms with Gasteiger partial charge in [-0.15, -0.1) is 0 Å². The van der Waals surface area contributed by atoms with Gasteiger partial charge in [0, 0.05) is 29.7 Å². The highest BCUT2D eigenvalue weighted by Gasteiger charge is 2.16. The van der Waals surface area contributed by atoms with Gasteiger partial charge in [-0.1, -0.05) is 66.2 Å². The molecule has 29 heavy (non-hydrogen) atoms. The summed E-state index contributed by atoms with van der Waals surface area (Å²) in [5, 5.41) is 0. The van der Waals surface area contributed by atoms with Crippen molar-refractivity contribution in [3.05, 3.63) is 102 Å². The van der Waals surface area contributed by atoms with Gasteiger partial charge >= 0.3 is 0 Å². The SMILES string of the molecule is Cc1ccc(-c2nc3ccc(C)cn3c2Cn2ccnc2-c2ccccc2)cc1. The number of imidazole rings is 2. The van der Waals surface area contributed by atoms with Crippen molar-refractivity contribution in [1.29, 1.82) is 0 Å². The molecule has 3 heterocycles. The van der Waals surface area contributed by atoms with E-state index in [-0.39, 0.29) is 0 Å². The molecule has 142 valence electrons. The van der Waals surface area contributed by atoms with Crippen molar-refractivity contribution < 1.29 is 0 Å². The molecule has 4 heteroatoms. The molecular formula is C25H22N4. The van der Waals surface area contributed by atoms with Crippen LogP contribution in [-0.4, -0.2) is 18.9 Å². The zero-order valence-electron chi connectivity index (χ0n) is 16.6. The van der Waals surface area contributed by atoms with Crippen LogP contribution in [-0.2, 0) is 6.54 Å². The van der Waals surface area contributed by atoms with Gasteiger partial charge in [0.15, 0.2) is 0 Å². The van der Waals surface area contributed by atoms with Crippen LogP contribution in [0, 0.1) is 13.8 Å². The van der Waals surface area contributed by atoms with E-state index in [0.717, 1.165) is 34.0 Å². The standard InChI is InChI=1S/C25H22N4/c1-18-8-11-20(12-9-18)24-22(29-16-19(2)10-13-23(29)27-24)17-28-15-14-26-25(28)21-6-4-3-5-7-21/h3-16H,17H2,1-2H3. The first-order chi connectivity index (χ1) is 14.2. The molecule has 0 bridgehead atoms. The van der Waals surface area contributed by atoms with Gasteiger partial charge in [-0.2, -0.15) is 0 Å². The summed E-state index contributed by atoms with van der Waals surface area (Å²) in [6, 6.07) is 23.1. The Morgan fingerprint density at radius 3 is 2.34 bits per heavy atom. The Hall–Kier alpha value is -3.66. The van der Waals surface area contributed by atoms with Crippen LogP contribution in [0.1, 0.15) is 16.8 Å². The molecule has 0 atom stereocenters. The highest BCUT2D eigenvalue weighted by atomic mass is 15.1. The number of benzene rings is 2. The number of pyridine rings is 1. The number of hydrogen-bond donors (Lipinski definition) is 0. The maximum absolute atomic E-state index is 4.97. The predicted octanol–water partition coefficient (Wildman–Crippen LogP) is 5.53.